The number of nitrogens with zero attached hydrogens (tertiary/aromatic N) is 1. The first-order valence-corrected chi connectivity index (χ1v) is 6.68. The van der Waals surface area contributed by atoms with Crippen molar-refractivity contribution >= 4 is 0 Å². The molecule has 1 unspecified atom stereocenters. The standard InChI is InChI=1S/C16H27N/c1-7-17(8-2)16(6,15(3,4)5)14-12-10-9-11-13-14/h9-13H,7-8H2,1-6H3. The van der Waals surface area contributed by atoms with Crippen LogP contribution >= 0.6 is 0 Å². The summed E-state index contributed by atoms with van der Waals surface area (Å²) in [6, 6.07) is 10.9. The molecule has 1 heteroatoms. The van der Waals surface area contributed by atoms with Crippen LogP contribution in [0.4, 0.5) is 0 Å². The van der Waals surface area contributed by atoms with Crippen molar-refractivity contribution in [2.75, 3.05) is 13.1 Å². The molecule has 17 heavy (non-hydrogen) atoms. The fourth-order valence-corrected chi connectivity index (χ4v) is 2.71. The van der Waals surface area contributed by atoms with Crippen molar-refractivity contribution in [3.63, 3.8) is 0 Å². The van der Waals surface area contributed by atoms with Gasteiger partial charge in [-0.05, 0) is 31.0 Å². The van der Waals surface area contributed by atoms with Crippen molar-refractivity contribution in [3.8, 4) is 0 Å². The lowest BCUT2D eigenvalue weighted by atomic mass is 9.69. The van der Waals surface area contributed by atoms with Crippen LogP contribution in [0.2, 0.25) is 0 Å². The molecule has 0 bridgehead atoms. The molecule has 0 heterocycles. The maximum atomic E-state index is 2.56. The molecule has 0 aliphatic carbocycles. The van der Waals surface area contributed by atoms with E-state index in [1.807, 2.05) is 0 Å². The Kier molecular flexibility index (Phi) is 4.37. The highest BCUT2D eigenvalue weighted by atomic mass is 15.2. The molecule has 0 spiro atoms. The highest BCUT2D eigenvalue weighted by Crippen LogP contribution is 2.43. The van der Waals surface area contributed by atoms with Crippen LogP contribution in [0.1, 0.15) is 47.1 Å². The summed E-state index contributed by atoms with van der Waals surface area (Å²) in [6.07, 6.45) is 0. The molecule has 96 valence electrons. The Labute approximate surface area is 107 Å². The van der Waals surface area contributed by atoms with Crippen molar-refractivity contribution in [1.82, 2.24) is 4.90 Å². The van der Waals surface area contributed by atoms with Crippen molar-refractivity contribution in [2.24, 2.45) is 5.41 Å². The van der Waals surface area contributed by atoms with E-state index in [9.17, 15) is 0 Å². The summed E-state index contributed by atoms with van der Waals surface area (Å²) in [6.45, 7) is 16.0. The third kappa shape index (κ3) is 2.55. The van der Waals surface area contributed by atoms with Gasteiger partial charge in [0.05, 0.1) is 0 Å². The highest BCUT2D eigenvalue weighted by Gasteiger charge is 2.42. The first kappa shape index (κ1) is 14.2. The molecule has 1 rings (SSSR count). The van der Waals surface area contributed by atoms with Crippen LogP contribution < -0.4 is 0 Å². The Morgan fingerprint density at radius 3 is 1.71 bits per heavy atom. The van der Waals surface area contributed by atoms with Gasteiger partial charge in [0.15, 0.2) is 0 Å². The Balaban J connectivity index is 3.30. The molecular formula is C16H27N. The van der Waals surface area contributed by atoms with Gasteiger partial charge in [-0.15, -0.1) is 0 Å². The third-order valence-corrected chi connectivity index (χ3v) is 4.19. The molecule has 1 nitrogen and oxygen atoms in total. The van der Waals surface area contributed by atoms with Crippen LogP contribution in [0.3, 0.4) is 0 Å². The van der Waals surface area contributed by atoms with E-state index in [0.29, 0.717) is 0 Å². The lowest BCUT2D eigenvalue weighted by molar-refractivity contribution is 0.00970. The largest absolute Gasteiger partial charge is 0.294 e. The number of rotatable bonds is 4. The Hall–Kier alpha value is -0.820. The lowest BCUT2D eigenvalue weighted by Crippen LogP contribution is -2.52. The Bertz CT molecular complexity index is 332. The summed E-state index contributed by atoms with van der Waals surface area (Å²) in [5.74, 6) is 0. The van der Waals surface area contributed by atoms with Crippen molar-refractivity contribution < 1.29 is 0 Å². The van der Waals surface area contributed by atoms with E-state index in [4.69, 9.17) is 0 Å². The molecule has 1 aromatic rings. The predicted molar refractivity (Wildman–Crippen MR) is 76.2 cm³/mol. The second-order valence-corrected chi connectivity index (χ2v) is 5.86. The predicted octanol–water partition coefficient (Wildman–Crippen LogP) is 4.29. The second-order valence-electron chi connectivity index (χ2n) is 5.86. The maximum Gasteiger partial charge on any atom is 0.0480 e. The topological polar surface area (TPSA) is 3.24 Å². The second kappa shape index (κ2) is 5.22. The molecule has 0 amide bonds. The number of hydrogen-bond acceptors (Lipinski definition) is 1. The van der Waals surface area contributed by atoms with E-state index in [2.05, 4.69) is 76.8 Å². The smallest absolute Gasteiger partial charge is 0.0480 e. The highest BCUT2D eigenvalue weighted by molar-refractivity contribution is 5.26. The minimum Gasteiger partial charge on any atom is -0.294 e. The van der Waals surface area contributed by atoms with E-state index >= 15 is 0 Å². The molecular weight excluding hydrogens is 206 g/mol. The molecule has 1 aromatic carbocycles. The molecule has 0 N–H and O–H groups in total. The molecule has 0 aliphatic heterocycles. The normalized spacial score (nSPS) is 15.9. The van der Waals surface area contributed by atoms with Gasteiger partial charge in [-0.1, -0.05) is 65.0 Å². The van der Waals surface area contributed by atoms with E-state index < -0.39 is 0 Å². The van der Waals surface area contributed by atoms with Gasteiger partial charge in [0.2, 0.25) is 0 Å². The zero-order valence-electron chi connectivity index (χ0n) is 12.2. The van der Waals surface area contributed by atoms with Gasteiger partial charge < -0.3 is 0 Å². The lowest BCUT2D eigenvalue weighted by Gasteiger charge is -2.50. The zero-order valence-corrected chi connectivity index (χ0v) is 12.2. The molecule has 0 radical (unpaired) electrons. The van der Waals surface area contributed by atoms with Gasteiger partial charge in [-0.3, -0.25) is 4.90 Å². The SMILES string of the molecule is CCN(CC)C(C)(c1ccccc1)C(C)(C)C. The summed E-state index contributed by atoms with van der Waals surface area (Å²) < 4.78 is 0. The fraction of sp³-hybridized carbons (Fsp3) is 0.625. The average Bonchev–Trinajstić information content (AvgIpc) is 2.30. The molecule has 0 aliphatic rings. The van der Waals surface area contributed by atoms with E-state index in [1.165, 1.54) is 5.56 Å². The number of benzene rings is 1. The van der Waals surface area contributed by atoms with E-state index in [1.54, 1.807) is 0 Å². The van der Waals surface area contributed by atoms with Gasteiger partial charge >= 0.3 is 0 Å². The molecule has 0 saturated carbocycles. The van der Waals surface area contributed by atoms with Gasteiger partial charge in [0, 0.05) is 5.54 Å². The summed E-state index contributed by atoms with van der Waals surface area (Å²) in [5, 5.41) is 0. The number of hydrogen-bond donors (Lipinski definition) is 0. The molecule has 0 fully saturated rings. The van der Waals surface area contributed by atoms with Crippen molar-refractivity contribution in [3.05, 3.63) is 35.9 Å². The average molecular weight is 233 g/mol. The summed E-state index contributed by atoms with van der Waals surface area (Å²) in [4.78, 5) is 2.56. The van der Waals surface area contributed by atoms with Gasteiger partial charge in [0.25, 0.3) is 0 Å². The Morgan fingerprint density at radius 2 is 1.35 bits per heavy atom. The van der Waals surface area contributed by atoms with Crippen LogP contribution in [0.25, 0.3) is 0 Å². The molecule has 1 atom stereocenters. The summed E-state index contributed by atoms with van der Waals surface area (Å²) in [5.41, 5.74) is 1.70. The van der Waals surface area contributed by atoms with Gasteiger partial charge in [0.1, 0.15) is 0 Å². The van der Waals surface area contributed by atoms with Crippen LogP contribution in [-0.2, 0) is 5.54 Å². The first-order chi connectivity index (χ1) is 7.87. The monoisotopic (exact) mass is 233 g/mol. The molecule has 0 aromatic heterocycles. The minimum absolute atomic E-state index is 0.0811. The van der Waals surface area contributed by atoms with Crippen LogP contribution in [-0.4, -0.2) is 18.0 Å². The summed E-state index contributed by atoms with van der Waals surface area (Å²) >= 11 is 0. The van der Waals surface area contributed by atoms with Crippen LogP contribution in [0.15, 0.2) is 30.3 Å². The zero-order chi connectivity index (χ0) is 13.1. The van der Waals surface area contributed by atoms with Gasteiger partial charge in [-0.2, -0.15) is 0 Å². The Morgan fingerprint density at radius 1 is 0.882 bits per heavy atom. The van der Waals surface area contributed by atoms with Crippen molar-refractivity contribution in [1.29, 1.82) is 0 Å². The minimum atomic E-state index is 0.0811. The van der Waals surface area contributed by atoms with E-state index in [0.717, 1.165) is 13.1 Å². The van der Waals surface area contributed by atoms with Gasteiger partial charge in [-0.25, -0.2) is 0 Å². The first-order valence-electron chi connectivity index (χ1n) is 6.68. The van der Waals surface area contributed by atoms with Crippen LogP contribution in [0, 0.1) is 5.41 Å². The molecule has 0 saturated heterocycles. The van der Waals surface area contributed by atoms with Crippen LogP contribution in [0.5, 0.6) is 0 Å². The quantitative estimate of drug-likeness (QED) is 0.750. The van der Waals surface area contributed by atoms with E-state index in [-0.39, 0.29) is 11.0 Å². The third-order valence-electron chi connectivity index (χ3n) is 4.19. The fourth-order valence-electron chi connectivity index (χ4n) is 2.71. The van der Waals surface area contributed by atoms with Crippen molar-refractivity contribution in [2.45, 2.75) is 47.1 Å². The maximum absolute atomic E-state index is 2.56. The summed E-state index contributed by atoms with van der Waals surface area (Å²) in [7, 11) is 0.